The van der Waals surface area contributed by atoms with Gasteiger partial charge in [-0.25, -0.2) is 0 Å². The highest BCUT2D eigenvalue weighted by molar-refractivity contribution is 5.84. The lowest BCUT2D eigenvalue weighted by Crippen LogP contribution is -2.39. The minimum atomic E-state index is -0.597. The lowest BCUT2D eigenvalue weighted by molar-refractivity contribution is -0.513. The Hall–Kier alpha value is -3.05. The Morgan fingerprint density at radius 2 is 1.84 bits per heavy atom. The number of hydrogen-bond acceptors (Lipinski definition) is 11. The van der Waals surface area contributed by atoms with Crippen molar-refractivity contribution in [2.75, 3.05) is 13.2 Å². The van der Waals surface area contributed by atoms with Crippen molar-refractivity contribution < 1.29 is 48.3 Å². The first-order valence-electron chi connectivity index (χ1n) is 16.3. The summed E-state index contributed by atoms with van der Waals surface area (Å²) in [7, 11) is 0. The summed E-state index contributed by atoms with van der Waals surface area (Å²) in [5.74, 6) is 0.471. The van der Waals surface area contributed by atoms with E-state index < -0.39 is 24.0 Å². The molecule has 0 aromatic carbocycles. The molecule has 11 heteroatoms. The molecule has 0 N–H and O–H groups in total. The Balaban J connectivity index is 1.50. The number of nitrogens with zero attached hydrogens (tertiary/aromatic N) is 1. The molecule has 0 amide bonds. The zero-order valence-electron chi connectivity index (χ0n) is 27.5. The fourth-order valence-electron chi connectivity index (χ4n) is 6.66. The number of ketones is 1. The van der Waals surface area contributed by atoms with Gasteiger partial charge in [-0.05, 0) is 60.8 Å². The van der Waals surface area contributed by atoms with Crippen LogP contribution in [0.25, 0.3) is 0 Å². The molecule has 3 aliphatic rings. The van der Waals surface area contributed by atoms with E-state index in [-0.39, 0.29) is 55.8 Å². The van der Waals surface area contributed by atoms with E-state index in [0.717, 1.165) is 19.3 Å². The summed E-state index contributed by atoms with van der Waals surface area (Å²) in [5.41, 5.74) is 0.997. The van der Waals surface area contributed by atoms with Crippen molar-refractivity contribution in [2.24, 2.45) is 40.2 Å². The standard InChI is InChI=1S/C34H51NO10/c1-7-34(4,5)29(36)19-25-18-22(2)17-24-10-9-23(3)28(33(24)25)12-11-26-20-27(21-32(39)42-26)43-31(38)14-13-30(37)40-15-8-16-41-45-44-35-6/h9-10,17,22-23,25-28,33H,6-8,11-16,18-21H2,1-5H3. The third kappa shape index (κ3) is 11.4. The summed E-state index contributed by atoms with van der Waals surface area (Å²) in [6.07, 6.45) is 10.3. The van der Waals surface area contributed by atoms with E-state index in [1.54, 1.807) is 0 Å². The number of fused-ring (bicyclic) bond motifs is 1. The van der Waals surface area contributed by atoms with Gasteiger partial charge in [0.2, 0.25) is 0 Å². The molecule has 1 fully saturated rings. The van der Waals surface area contributed by atoms with Gasteiger partial charge in [-0.1, -0.05) is 58.0 Å². The Bertz CT molecular complexity index is 1100. The summed E-state index contributed by atoms with van der Waals surface area (Å²) < 4.78 is 16.3. The number of carbonyl (C=O) groups is 4. The van der Waals surface area contributed by atoms with E-state index in [1.165, 1.54) is 5.57 Å². The summed E-state index contributed by atoms with van der Waals surface area (Å²) in [6.45, 7) is 13.8. The number of cyclic esters (lactones) is 1. The van der Waals surface area contributed by atoms with E-state index in [4.69, 9.17) is 14.2 Å². The van der Waals surface area contributed by atoms with Crippen molar-refractivity contribution in [1.29, 1.82) is 0 Å². The van der Waals surface area contributed by atoms with Gasteiger partial charge in [0.1, 0.15) is 18.0 Å². The molecule has 0 aromatic rings. The van der Waals surface area contributed by atoms with Crippen molar-refractivity contribution in [3.8, 4) is 0 Å². The highest BCUT2D eigenvalue weighted by atomic mass is 17.5. The van der Waals surface area contributed by atoms with Gasteiger partial charge in [-0.2, -0.15) is 9.88 Å². The summed E-state index contributed by atoms with van der Waals surface area (Å²) in [6, 6.07) is 0. The van der Waals surface area contributed by atoms with Gasteiger partial charge in [-0.3, -0.25) is 19.2 Å². The second-order valence-corrected chi connectivity index (χ2v) is 13.3. The predicted octanol–water partition coefficient (Wildman–Crippen LogP) is 6.01. The van der Waals surface area contributed by atoms with Crippen LogP contribution in [-0.4, -0.2) is 55.8 Å². The number of esters is 3. The summed E-state index contributed by atoms with van der Waals surface area (Å²) >= 11 is 0. The average molecular weight is 634 g/mol. The van der Waals surface area contributed by atoms with Gasteiger partial charge < -0.3 is 14.2 Å². The van der Waals surface area contributed by atoms with Crippen LogP contribution in [0.15, 0.2) is 29.0 Å². The molecule has 7 atom stereocenters. The van der Waals surface area contributed by atoms with Gasteiger partial charge in [0.05, 0.1) is 32.5 Å². The lowest BCUT2D eigenvalue weighted by Gasteiger charge is -2.44. The molecule has 0 bridgehead atoms. The second-order valence-electron chi connectivity index (χ2n) is 13.3. The quantitative estimate of drug-likeness (QED) is 0.0441. The predicted molar refractivity (Wildman–Crippen MR) is 165 cm³/mol. The smallest absolute Gasteiger partial charge is 0.309 e. The highest BCUT2D eigenvalue weighted by Crippen LogP contribution is 2.48. The molecule has 0 radical (unpaired) electrons. The number of oxime groups is 1. The number of Topliss-reactive ketones (excluding diaryl/α,β-unsaturated/α-hetero) is 1. The molecular weight excluding hydrogens is 582 g/mol. The Kier molecular flexibility index (Phi) is 14.2. The van der Waals surface area contributed by atoms with E-state index in [1.807, 2.05) is 13.8 Å². The summed E-state index contributed by atoms with van der Waals surface area (Å²) in [4.78, 5) is 58.9. The Morgan fingerprint density at radius 1 is 1.09 bits per heavy atom. The van der Waals surface area contributed by atoms with E-state index >= 15 is 0 Å². The van der Waals surface area contributed by atoms with Crippen LogP contribution in [0.5, 0.6) is 0 Å². The second kappa shape index (κ2) is 17.6. The molecule has 252 valence electrons. The maximum atomic E-state index is 13.3. The molecule has 2 aliphatic carbocycles. The molecule has 1 heterocycles. The first kappa shape index (κ1) is 36.4. The molecule has 7 unspecified atom stereocenters. The maximum absolute atomic E-state index is 13.3. The zero-order valence-corrected chi connectivity index (χ0v) is 27.5. The maximum Gasteiger partial charge on any atom is 0.309 e. The van der Waals surface area contributed by atoms with Crippen LogP contribution in [0.2, 0.25) is 0 Å². The highest BCUT2D eigenvalue weighted by Gasteiger charge is 2.42. The molecule has 1 aliphatic heterocycles. The molecule has 3 rings (SSSR count). The van der Waals surface area contributed by atoms with Crippen molar-refractivity contribution in [3.05, 3.63) is 23.8 Å². The summed E-state index contributed by atoms with van der Waals surface area (Å²) in [5, 5.41) is 7.15. The normalized spacial score (nSPS) is 27.9. The lowest BCUT2D eigenvalue weighted by atomic mass is 9.60. The molecule has 11 nitrogen and oxygen atoms in total. The SMILES string of the molecule is C=NOOOCCCOC(=O)CCC(=O)OC1CC(=O)OC(CCC2C(C)C=CC3=CC(C)CC(CC(=O)C(C)(C)CC)C32)C1. The fraction of sp³-hybridized carbons (Fsp3) is 0.735. The molecular formula is C34H51NO10. The average Bonchev–Trinajstić information content (AvgIpc) is 2.98. The number of carbonyl (C=O) groups excluding carboxylic acids is 4. The zero-order chi connectivity index (χ0) is 33.0. The first-order chi connectivity index (χ1) is 21.4. The minimum absolute atomic E-state index is 0.00673. The van der Waals surface area contributed by atoms with Gasteiger partial charge in [0, 0.05) is 36.4 Å². The topological polar surface area (TPSA) is 136 Å². The van der Waals surface area contributed by atoms with Crippen LogP contribution in [0.3, 0.4) is 0 Å². The van der Waals surface area contributed by atoms with Gasteiger partial charge in [0.25, 0.3) is 0 Å². The number of ether oxygens (including phenoxy) is 3. The van der Waals surface area contributed by atoms with E-state index in [0.29, 0.717) is 49.2 Å². The monoisotopic (exact) mass is 633 g/mol. The van der Waals surface area contributed by atoms with Crippen LogP contribution in [0.1, 0.15) is 98.8 Å². The van der Waals surface area contributed by atoms with Crippen molar-refractivity contribution in [2.45, 2.75) is 111 Å². The largest absolute Gasteiger partial charge is 0.466 e. The molecule has 0 aromatic heterocycles. The van der Waals surface area contributed by atoms with E-state index in [9.17, 15) is 19.2 Å². The van der Waals surface area contributed by atoms with Crippen molar-refractivity contribution in [3.63, 3.8) is 0 Å². The molecule has 1 saturated heterocycles. The van der Waals surface area contributed by atoms with Gasteiger partial charge >= 0.3 is 17.9 Å². The van der Waals surface area contributed by atoms with Crippen LogP contribution >= 0.6 is 0 Å². The van der Waals surface area contributed by atoms with Crippen LogP contribution in [0, 0.1) is 35.0 Å². The fourth-order valence-corrected chi connectivity index (χ4v) is 6.66. The van der Waals surface area contributed by atoms with E-state index in [2.05, 4.69) is 65.8 Å². The third-order valence-corrected chi connectivity index (χ3v) is 9.50. The molecule has 0 spiro atoms. The van der Waals surface area contributed by atoms with Gasteiger partial charge in [0.15, 0.2) is 0 Å². The Morgan fingerprint density at radius 3 is 2.58 bits per heavy atom. The first-order valence-corrected chi connectivity index (χ1v) is 16.3. The van der Waals surface area contributed by atoms with Gasteiger partial charge in [-0.15, -0.1) is 0 Å². The third-order valence-electron chi connectivity index (χ3n) is 9.50. The number of rotatable bonds is 18. The molecule has 0 saturated carbocycles. The van der Waals surface area contributed by atoms with Crippen LogP contribution in [-0.2, 0) is 48.3 Å². The number of allylic oxidation sites excluding steroid dienone is 4. The van der Waals surface area contributed by atoms with Crippen LogP contribution < -0.4 is 0 Å². The Labute approximate surface area is 266 Å². The number of hydrogen-bond donors (Lipinski definition) is 0. The van der Waals surface area contributed by atoms with Crippen molar-refractivity contribution >= 4 is 30.4 Å². The van der Waals surface area contributed by atoms with Crippen LogP contribution in [0.4, 0.5) is 0 Å². The minimum Gasteiger partial charge on any atom is -0.466 e. The van der Waals surface area contributed by atoms with Crippen molar-refractivity contribution in [1.82, 2.24) is 0 Å². The molecule has 45 heavy (non-hydrogen) atoms.